The predicted octanol–water partition coefficient (Wildman–Crippen LogP) is 2.49. The number of amides is 1. The van der Waals surface area contributed by atoms with Crippen LogP contribution in [-0.4, -0.2) is 66.3 Å². The van der Waals surface area contributed by atoms with Crippen LogP contribution >= 0.6 is 0 Å². The zero-order chi connectivity index (χ0) is 28.9. The number of rotatable bonds is 13. The van der Waals surface area contributed by atoms with Crippen molar-refractivity contribution in [3.63, 3.8) is 0 Å². The number of nitrogens with zero attached hydrogens (tertiary/aromatic N) is 2. The first-order valence-corrected chi connectivity index (χ1v) is 15.2. The van der Waals surface area contributed by atoms with Crippen LogP contribution in [0.2, 0.25) is 0 Å². The number of aromatic amines is 1. The summed E-state index contributed by atoms with van der Waals surface area (Å²) < 4.78 is 28.2. The maximum absolute atomic E-state index is 13.0. The zero-order valence-electron chi connectivity index (χ0n) is 23.2. The van der Waals surface area contributed by atoms with Gasteiger partial charge in [0, 0.05) is 25.2 Å². The Balaban J connectivity index is 1.19. The van der Waals surface area contributed by atoms with E-state index in [-0.39, 0.29) is 4.90 Å². The topological polar surface area (TPSA) is 175 Å². The van der Waals surface area contributed by atoms with Crippen LogP contribution in [0, 0.1) is 20.8 Å². The van der Waals surface area contributed by atoms with Crippen LogP contribution in [0.3, 0.4) is 0 Å². The van der Waals surface area contributed by atoms with E-state index in [0.29, 0.717) is 24.0 Å². The first kappa shape index (κ1) is 29.5. The molecule has 1 aromatic carbocycles. The van der Waals surface area contributed by atoms with E-state index in [1.807, 2.05) is 6.92 Å². The van der Waals surface area contributed by atoms with Crippen molar-refractivity contribution in [2.75, 3.05) is 18.4 Å². The highest BCUT2D eigenvalue weighted by molar-refractivity contribution is 7.89. The summed E-state index contributed by atoms with van der Waals surface area (Å²) >= 11 is 0. The van der Waals surface area contributed by atoms with Crippen LogP contribution in [0.1, 0.15) is 66.6 Å². The summed E-state index contributed by atoms with van der Waals surface area (Å²) in [5, 5.41) is 19.4. The number of oxime groups is 1. The molecule has 1 aliphatic heterocycles. The number of aliphatic carboxylic acids is 1. The van der Waals surface area contributed by atoms with E-state index >= 15 is 0 Å². The molecular weight excluding hydrogens is 536 g/mol. The molecule has 0 radical (unpaired) electrons. The highest BCUT2D eigenvalue weighted by atomic mass is 32.2. The Morgan fingerprint density at radius 3 is 2.58 bits per heavy atom. The minimum atomic E-state index is -4.14. The number of aryl methyl sites for hydroxylation is 5. The summed E-state index contributed by atoms with van der Waals surface area (Å²) in [6.07, 6.45) is 6.31. The predicted molar refractivity (Wildman–Crippen MR) is 150 cm³/mol. The minimum Gasteiger partial charge on any atom is -0.480 e. The third kappa shape index (κ3) is 7.39. The molecule has 2 heterocycles. The number of hydrogen-bond donors (Lipinski definition) is 5. The lowest BCUT2D eigenvalue weighted by molar-refractivity contribution is -0.139. The van der Waals surface area contributed by atoms with Crippen molar-refractivity contribution in [2.24, 2.45) is 5.16 Å². The molecule has 1 aromatic heterocycles. The van der Waals surface area contributed by atoms with Crippen molar-refractivity contribution < 1.29 is 28.0 Å². The van der Waals surface area contributed by atoms with Crippen LogP contribution in [0.5, 0.6) is 0 Å². The molecule has 4 rings (SSSR count). The molecule has 2 aliphatic rings. The molecule has 1 amide bonds. The Morgan fingerprint density at radius 1 is 1.15 bits per heavy atom. The third-order valence-electron chi connectivity index (χ3n) is 7.11. The number of benzene rings is 1. The molecule has 0 bridgehead atoms. The van der Waals surface area contributed by atoms with E-state index < -0.39 is 40.6 Å². The van der Waals surface area contributed by atoms with Crippen molar-refractivity contribution in [3.8, 4) is 0 Å². The van der Waals surface area contributed by atoms with Gasteiger partial charge in [-0.15, -0.1) is 0 Å². The van der Waals surface area contributed by atoms with Gasteiger partial charge in [-0.05, 0) is 76.8 Å². The fourth-order valence-corrected chi connectivity index (χ4v) is 6.89. The summed E-state index contributed by atoms with van der Waals surface area (Å²) in [7, 11) is -4.14. The van der Waals surface area contributed by atoms with E-state index in [4.69, 9.17) is 4.84 Å². The Bertz CT molecular complexity index is 1340. The molecule has 0 saturated heterocycles. The van der Waals surface area contributed by atoms with E-state index in [1.54, 1.807) is 26.0 Å². The number of carboxylic acids is 1. The number of imidazole rings is 1. The molecule has 2 aromatic rings. The lowest BCUT2D eigenvalue weighted by atomic mass is 10.0. The molecule has 12 nitrogen and oxygen atoms in total. The summed E-state index contributed by atoms with van der Waals surface area (Å²) in [5.74, 6) is -1.13. The Kier molecular flexibility index (Phi) is 9.46. The van der Waals surface area contributed by atoms with E-state index in [9.17, 15) is 23.1 Å². The van der Waals surface area contributed by atoms with E-state index in [1.165, 1.54) is 24.2 Å². The fourth-order valence-electron chi connectivity index (χ4n) is 5.25. The zero-order valence-corrected chi connectivity index (χ0v) is 24.0. The van der Waals surface area contributed by atoms with Crippen LogP contribution in [-0.2, 0) is 37.3 Å². The number of aromatic nitrogens is 2. The largest absolute Gasteiger partial charge is 0.480 e. The first-order valence-electron chi connectivity index (χ1n) is 13.7. The van der Waals surface area contributed by atoms with Crippen LogP contribution in [0.15, 0.2) is 22.2 Å². The van der Waals surface area contributed by atoms with Gasteiger partial charge in [0.2, 0.25) is 22.1 Å². The summed E-state index contributed by atoms with van der Waals surface area (Å²) in [4.78, 5) is 37.7. The van der Waals surface area contributed by atoms with Gasteiger partial charge < -0.3 is 25.6 Å². The second-order valence-electron chi connectivity index (χ2n) is 10.5. The maximum Gasteiger partial charge on any atom is 0.323 e. The third-order valence-corrected chi connectivity index (χ3v) is 8.89. The molecule has 0 spiro atoms. The van der Waals surface area contributed by atoms with Gasteiger partial charge in [0.05, 0.1) is 16.3 Å². The smallest absolute Gasteiger partial charge is 0.323 e. The van der Waals surface area contributed by atoms with Crippen LogP contribution < -0.4 is 15.4 Å². The number of carbonyl (C=O) groups is 2. The minimum absolute atomic E-state index is 0.0336. The highest BCUT2D eigenvalue weighted by Crippen LogP contribution is 2.23. The van der Waals surface area contributed by atoms with Gasteiger partial charge in [-0.3, -0.25) is 9.59 Å². The summed E-state index contributed by atoms with van der Waals surface area (Å²) in [6.45, 7) is 5.49. The molecule has 0 saturated carbocycles. The standard InChI is InChI=1S/C27H38N6O6S/c1-16-12-17(2)24(18(3)13-16)40(37,38)33-22(26(35)36)15-29-25(34)23-14-19(32-39-23)8-6-7-11-28-27-30-20-9-4-5-10-21(20)31-27/h12-13,22-23,33H,4-11,14-15H2,1-3H3,(H,29,34)(H,35,36)(H2,28,30,31). The lowest BCUT2D eigenvalue weighted by Crippen LogP contribution is -2.50. The van der Waals surface area contributed by atoms with Crippen LogP contribution in [0.4, 0.5) is 5.95 Å². The Morgan fingerprint density at radius 2 is 1.88 bits per heavy atom. The molecule has 2 unspecified atom stereocenters. The Labute approximate surface area is 234 Å². The van der Waals surface area contributed by atoms with Crippen molar-refractivity contribution >= 4 is 33.6 Å². The molecular formula is C27H38N6O6S. The summed E-state index contributed by atoms with van der Waals surface area (Å²) in [5.41, 5.74) is 5.08. The van der Waals surface area contributed by atoms with Crippen molar-refractivity contribution in [1.82, 2.24) is 20.0 Å². The lowest BCUT2D eigenvalue weighted by Gasteiger charge is -2.19. The number of fused-ring (bicyclic) bond motifs is 1. The molecule has 40 heavy (non-hydrogen) atoms. The highest BCUT2D eigenvalue weighted by Gasteiger charge is 2.31. The van der Waals surface area contributed by atoms with Gasteiger partial charge in [0.25, 0.3) is 5.91 Å². The van der Waals surface area contributed by atoms with Crippen LogP contribution in [0.25, 0.3) is 0 Å². The molecule has 218 valence electrons. The van der Waals surface area contributed by atoms with Crippen molar-refractivity contribution in [1.29, 1.82) is 0 Å². The van der Waals surface area contributed by atoms with Crippen molar-refractivity contribution in [2.45, 2.75) is 89.2 Å². The number of sulfonamides is 1. The van der Waals surface area contributed by atoms with Gasteiger partial charge in [-0.2, -0.15) is 4.72 Å². The second-order valence-corrected chi connectivity index (χ2v) is 12.2. The SMILES string of the molecule is Cc1cc(C)c(S(=O)(=O)NC(CNC(=O)C2CC(CCCCNc3nc4c([nH]3)CCCC4)=NO2)C(=O)O)c(C)c1. The maximum atomic E-state index is 13.0. The molecule has 13 heteroatoms. The number of anilines is 1. The van der Waals surface area contributed by atoms with E-state index in [2.05, 4.69) is 30.5 Å². The quantitative estimate of drug-likeness (QED) is 0.227. The average Bonchev–Trinajstić information content (AvgIpc) is 3.52. The van der Waals surface area contributed by atoms with Crippen molar-refractivity contribution in [3.05, 3.63) is 40.2 Å². The number of carboxylic acid groups (broad SMARTS) is 1. The second kappa shape index (κ2) is 12.8. The molecule has 2 atom stereocenters. The number of nitrogens with one attached hydrogen (secondary N) is 4. The monoisotopic (exact) mass is 574 g/mol. The van der Waals surface area contributed by atoms with Gasteiger partial charge in [0.1, 0.15) is 6.04 Å². The first-order chi connectivity index (χ1) is 19.0. The summed E-state index contributed by atoms with van der Waals surface area (Å²) in [6, 6.07) is 1.88. The number of hydrogen-bond acceptors (Lipinski definition) is 8. The molecule has 5 N–H and O–H groups in total. The van der Waals surface area contributed by atoms with E-state index in [0.717, 1.165) is 49.5 Å². The number of H-pyrrole nitrogens is 1. The fraction of sp³-hybridized carbons (Fsp3) is 0.556. The molecule has 1 aliphatic carbocycles. The van der Waals surface area contributed by atoms with Gasteiger partial charge >= 0.3 is 5.97 Å². The number of carbonyl (C=O) groups excluding carboxylic acids is 1. The Hall–Kier alpha value is -3.45. The number of unbranched alkanes of at least 4 members (excludes halogenated alkanes) is 1. The van der Waals surface area contributed by atoms with Gasteiger partial charge in [-0.1, -0.05) is 22.9 Å². The average molecular weight is 575 g/mol. The van der Waals surface area contributed by atoms with Gasteiger partial charge in [-0.25, -0.2) is 13.4 Å². The molecule has 0 fully saturated rings. The normalized spacial score (nSPS) is 17.5. The van der Waals surface area contributed by atoms with Gasteiger partial charge in [0.15, 0.2) is 0 Å².